The number of rotatable bonds is 7. The van der Waals surface area contributed by atoms with Crippen molar-refractivity contribution in [2.24, 2.45) is 4.99 Å². The minimum absolute atomic E-state index is 0.570. The molecule has 0 fully saturated rings. The van der Waals surface area contributed by atoms with Crippen molar-refractivity contribution in [3.05, 3.63) is 35.2 Å². The molecule has 6 nitrogen and oxygen atoms in total. The van der Waals surface area contributed by atoms with Gasteiger partial charge in [-0.05, 0) is 19.1 Å². The fourth-order valence-corrected chi connectivity index (χ4v) is 2.58. The molecule has 2 N–H and O–H groups in total. The molecule has 2 rings (SSSR count). The normalized spacial score (nSPS) is 11.5. The van der Waals surface area contributed by atoms with Gasteiger partial charge in [0.05, 0.1) is 18.5 Å². The second-order valence-corrected chi connectivity index (χ2v) is 5.80. The fraction of sp³-hybridized carbons (Fsp3) is 0.467. The average molecular weight is 321 g/mol. The first kappa shape index (κ1) is 16.4. The van der Waals surface area contributed by atoms with Crippen molar-refractivity contribution in [1.82, 2.24) is 15.6 Å². The number of nitrogens with one attached hydrogen (secondary N) is 2. The van der Waals surface area contributed by atoms with Crippen LogP contribution in [0.1, 0.15) is 18.4 Å². The summed E-state index contributed by atoms with van der Waals surface area (Å²) >= 11 is 1.63. The van der Waals surface area contributed by atoms with Crippen LogP contribution in [0.15, 0.2) is 33.2 Å². The Morgan fingerprint density at radius 3 is 2.91 bits per heavy atom. The van der Waals surface area contributed by atoms with Crippen LogP contribution in [0.3, 0.4) is 0 Å². The van der Waals surface area contributed by atoms with Gasteiger partial charge in [0.2, 0.25) is 0 Å². The topological polar surface area (TPSA) is 65.7 Å². The quantitative estimate of drug-likeness (QED) is 0.604. The van der Waals surface area contributed by atoms with Crippen molar-refractivity contribution in [3.63, 3.8) is 0 Å². The summed E-state index contributed by atoms with van der Waals surface area (Å²) in [5.41, 5.74) is 0.983. The first-order valence-electron chi connectivity index (χ1n) is 7.35. The summed E-state index contributed by atoms with van der Waals surface area (Å²) in [6.07, 6.45) is 2.53. The second kappa shape index (κ2) is 8.43. The Bertz CT molecular complexity index is 577. The van der Waals surface area contributed by atoms with Crippen LogP contribution < -0.4 is 15.5 Å². The molecule has 0 aliphatic rings. The third-order valence-electron chi connectivity index (χ3n) is 2.91. The molecule has 0 saturated heterocycles. The maximum Gasteiger partial charge on any atom is 0.191 e. The molecule has 0 saturated carbocycles. The predicted molar refractivity (Wildman–Crippen MR) is 91.7 cm³/mol. The predicted octanol–water partition coefficient (Wildman–Crippen LogP) is 2.10. The minimum Gasteiger partial charge on any atom is -0.469 e. The summed E-state index contributed by atoms with van der Waals surface area (Å²) in [7, 11) is 3.98. The van der Waals surface area contributed by atoms with Crippen LogP contribution >= 0.6 is 11.3 Å². The lowest BCUT2D eigenvalue weighted by molar-refractivity contribution is 0.507. The van der Waals surface area contributed by atoms with E-state index in [0.29, 0.717) is 6.54 Å². The van der Waals surface area contributed by atoms with Crippen LogP contribution in [0.5, 0.6) is 0 Å². The smallest absolute Gasteiger partial charge is 0.191 e. The first-order valence-corrected chi connectivity index (χ1v) is 8.23. The number of aliphatic imine (C=N–C) groups is 1. The van der Waals surface area contributed by atoms with Gasteiger partial charge in [-0.3, -0.25) is 0 Å². The van der Waals surface area contributed by atoms with Crippen molar-refractivity contribution >= 4 is 22.4 Å². The first-order chi connectivity index (χ1) is 10.7. The van der Waals surface area contributed by atoms with Gasteiger partial charge in [-0.25, -0.2) is 9.98 Å². The van der Waals surface area contributed by atoms with Gasteiger partial charge in [0.15, 0.2) is 11.1 Å². The lowest BCUT2D eigenvalue weighted by atomic mass is 10.3. The molecule has 120 valence electrons. The van der Waals surface area contributed by atoms with Crippen LogP contribution in [0, 0.1) is 0 Å². The Balaban J connectivity index is 1.85. The van der Waals surface area contributed by atoms with Crippen molar-refractivity contribution in [2.45, 2.75) is 19.9 Å². The zero-order valence-corrected chi connectivity index (χ0v) is 14.1. The van der Waals surface area contributed by atoms with E-state index in [9.17, 15) is 0 Å². The van der Waals surface area contributed by atoms with Crippen molar-refractivity contribution < 1.29 is 4.42 Å². The van der Waals surface area contributed by atoms with Crippen LogP contribution in [-0.2, 0) is 13.0 Å². The van der Waals surface area contributed by atoms with E-state index in [0.717, 1.165) is 42.1 Å². The highest BCUT2D eigenvalue weighted by molar-refractivity contribution is 7.13. The van der Waals surface area contributed by atoms with Crippen LogP contribution in [0.2, 0.25) is 0 Å². The molecular formula is C15H23N5OS. The van der Waals surface area contributed by atoms with E-state index in [4.69, 9.17) is 4.42 Å². The Labute approximate surface area is 135 Å². The molecule has 0 aliphatic carbocycles. The number of furan rings is 1. The molecule has 0 atom stereocenters. The van der Waals surface area contributed by atoms with E-state index >= 15 is 0 Å². The molecule has 0 spiro atoms. The lowest BCUT2D eigenvalue weighted by Crippen LogP contribution is -2.38. The van der Waals surface area contributed by atoms with E-state index in [-0.39, 0.29) is 0 Å². The highest BCUT2D eigenvalue weighted by Gasteiger charge is 2.04. The molecule has 2 heterocycles. The van der Waals surface area contributed by atoms with E-state index in [1.807, 2.05) is 36.5 Å². The summed E-state index contributed by atoms with van der Waals surface area (Å²) in [4.78, 5) is 11.1. The maximum absolute atomic E-state index is 5.32. The van der Waals surface area contributed by atoms with E-state index in [1.165, 1.54) is 0 Å². The summed E-state index contributed by atoms with van der Waals surface area (Å²) in [6.45, 7) is 4.23. The van der Waals surface area contributed by atoms with Crippen molar-refractivity contribution in [1.29, 1.82) is 0 Å². The number of guanidine groups is 1. The largest absolute Gasteiger partial charge is 0.469 e. The zero-order chi connectivity index (χ0) is 15.8. The fourth-order valence-electron chi connectivity index (χ4n) is 1.84. The molecule has 0 bridgehead atoms. The zero-order valence-electron chi connectivity index (χ0n) is 13.3. The molecular weight excluding hydrogens is 298 g/mol. The van der Waals surface area contributed by atoms with Gasteiger partial charge in [0, 0.05) is 39.0 Å². The molecule has 0 radical (unpaired) electrons. The van der Waals surface area contributed by atoms with E-state index in [1.54, 1.807) is 17.6 Å². The highest BCUT2D eigenvalue weighted by atomic mass is 32.1. The van der Waals surface area contributed by atoms with Crippen molar-refractivity contribution in [2.75, 3.05) is 32.1 Å². The van der Waals surface area contributed by atoms with Gasteiger partial charge in [0.25, 0.3) is 0 Å². The Hall–Kier alpha value is -2.02. The third kappa shape index (κ3) is 5.07. The second-order valence-electron chi connectivity index (χ2n) is 4.97. The summed E-state index contributed by atoms with van der Waals surface area (Å²) in [6, 6.07) is 3.88. The molecule has 22 heavy (non-hydrogen) atoms. The molecule has 0 aromatic carbocycles. The summed E-state index contributed by atoms with van der Waals surface area (Å²) in [5, 5.41) is 9.59. The molecule has 0 aliphatic heterocycles. The Morgan fingerprint density at radius 2 is 2.27 bits per heavy atom. The molecule has 2 aromatic rings. The Kier molecular flexibility index (Phi) is 6.27. The molecule has 0 unspecified atom stereocenters. The van der Waals surface area contributed by atoms with Gasteiger partial charge < -0.3 is 20.0 Å². The number of anilines is 1. The molecule has 7 heteroatoms. The van der Waals surface area contributed by atoms with E-state index in [2.05, 4.69) is 27.5 Å². The SMILES string of the molecule is CCNC(=NCc1csc(N(C)C)n1)NCCc1ccco1. The lowest BCUT2D eigenvalue weighted by Gasteiger charge is -2.10. The number of nitrogens with zero attached hydrogens (tertiary/aromatic N) is 3. The summed E-state index contributed by atoms with van der Waals surface area (Å²) in [5.74, 6) is 1.77. The van der Waals surface area contributed by atoms with Gasteiger partial charge >= 0.3 is 0 Å². The number of hydrogen-bond acceptors (Lipinski definition) is 5. The number of thiazole rings is 1. The average Bonchev–Trinajstić information content (AvgIpc) is 3.16. The van der Waals surface area contributed by atoms with Crippen LogP contribution in [0.4, 0.5) is 5.13 Å². The maximum atomic E-state index is 5.32. The summed E-state index contributed by atoms with van der Waals surface area (Å²) < 4.78 is 5.32. The van der Waals surface area contributed by atoms with Gasteiger partial charge in [-0.1, -0.05) is 0 Å². The number of aromatic nitrogens is 1. The van der Waals surface area contributed by atoms with Crippen LogP contribution in [0.25, 0.3) is 0 Å². The monoisotopic (exact) mass is 321 g/mol. The van der Waals surface area contributed by atoms with Gasteiger partial charge in [0.1, 0.15) is 5.76 Å². The molecule has 0 amide bonds. The van der Waals surface area contributed by atoms with Crippen molar-refractivity contribution in [3.8, 4) is 0 Å². The van der Waals surface area contributed by atoms with E-state index < -0.39 is 0 Å². The molecule has 2 aromatic heterocycles. The van der Waals surface area contributed by atoms with Gasteiger partial charge in [-0.2, -0.15) is 0 Å². The highest BCUT2D eigenvalue weighted by Crippen LogP contribution is 2.18. The number of hydrogen-bond donors (Lipinski definition) is 2. The van der Waals surface area contributed by atoms with Gasteiger partial charge in [-0.15, -0.1) is 11.3 Å². The third-order valence-corrected chi connectivity index (χ3v) is 3.97. The Morgan fingerprint density at radius 1 is 1.41 bits per heavy atom. The minimum atomic E-state index is 0.570. The standard InChI is InChI=1S/C15H23N5OS/c1-4-16-14(17-8-7-13-6-5-9-21-13)18-10-12-11-22-15(19-12)20(2)3/h5-6,9,11H,4,7-8,10H2,1-3H3,(H2,16,17,18). The van der Waals surface area contributed by atoms with Crippen LogP contribution in [-0.4, -0.2) is 38.1 Å².